The van der Waals surface area contributed by atoms with Crippen LogP contribution in [-0.2, 0) is 6.61 Å². The number of halogens is 3. The average Bonchev–Trinajstić information content (AvgIpc) is 2.89. The molecule has 1 aliphatic rings. The van der Waals surface area contributed by atoms with Crippen LogP contribution in [0.25, 0.3) is 10.9 Å². The number of hydrogen-bond donors (Lipinski definition) is 0. The van der Waals surface area contributed by atoms with Crippen LogP contribution in [0, 0.1) is 0 Å². The van der Waals surface area contributed by atoms with E-state index in [0.29, 0.717) is 33.8 Å². The fourth-order valence-electron chi connectivity index (χ4n) is 4.54. The molecular weight excluding hydrogens is 606 g/mol. The predicted molar refractivity (Wildman–Crippen MR) is 152 cm³/mol. The van der Waals surface area contributed by atoms with E-state index in [4.69, 9.17) is 21.3 Å². The topological polar surface area (TPSA) is 56.5 Å². The summed E-state index contributed by atoms with van der Waals surface area (Å²) in [5, 5.41) is 5.76. The third kappa shape index (κ3) is 5.58. The Balaban J connectivity index is 1.51. The molecule has 0 spiro atoms. The van der Waals surface area contributed by atoms with Gasteiger partial charge in [0.2, 0.25) is 0 Å². The van der Waals surface area contributed by atoms with Crippen LogP contribution in [-0.4, -0.2) is 15.9 Å². The van der Waals surface area contributed by atoms with E-state index in [-0.39, 0.29) is 11.5 Å². The number of benzene rings is 3. The van der Waals surface area contributed by atoms with E-state index in [1.807, 2.05) is 42.5 Å². The summed E-state index contributed by atoms with van der Waals surface area (Å²) >= 11 is 13.4. The maximum atomic E-state index is 13.5. The Hall–Kier alpha value is -2.48. The molecule has 4 aromatic rings. The number of para-hydroxylation sites is 1. The van der Waals surface area contributed by atoms with Crippen LogP contribution in [0.4, 0.5) is 0 Å². The van der Waals surface area contributed by atoms with Gasteiger partial charge in [0, 0.05) is 31.0 Å². The van der Waals surface area contributed by atoms with E-state index >= 15 is 0 Å². The second kappa shape index (κ2) is 11.3. The van der Waals surface area contributed by atoms with Gasteiger partial charge < -0.3 is 4.74 Å². The highest BCUT2D eigenvalue weighted by atomic mass is 79.9. The summed E-state index contributed by atoms with van der Waals surface area (Å²) in [7, 11) is 0. The molecule has 184 valence electrons. The predicted octanol–water partition coefficient (Wildman–Crippen LogP) is 8.08. The van der Waals surface area contributed by atoms with E-state index in [9.17, 15) is 4.79 Å². The number of hydrogen-bond acceptors (Lipinski definition) is 4. The highest BCUT2D eigenvalue weighted by Crippen LogP contribution is 2.32. The van der Waals surface area contributed by atoms with Crippen LogP contribution in [0.2, 0.25) is 5.02 Å². The van der Waals surface area contributed by atoms with Gasteiger partial charge in [-0.1, -0.05) is 80.9 Å². The highest BCUT2D eigenvalue weighted by molar-refractivity contribution is 9.11. The fraction of sp³-hybridized carbons (Fsp3) is 0.250. The lowest BCUT2D eigenvalue weighted by Crippen LogP contribution is -2.25. The SMILES string of the molecule is O=c1c2ccccc2nc(C2CCCCC2)n1N=Cc1cc(Cl)ccc1OCc1ccc(Br)cc1Br. The summed E-state index contributed by atoms with van der Waals surface area (Å²) in [6.07, 6.45) is 7.14. The van der Waals surface area contributed by atoms with Crippen LogP contribution in [0.5, 0.6) is 5.75 Å². The van der Waals surface area contributed by atoms with E-state index in [1.165, 1.54) is 11.1 Å². The van der Waals surface area contributed by atoms with Crippen molar-refractivity contribution in [3.8, 4) is 5.75 Å². The third-order valence-electron chi connectivity index (χ3n) is 6.43. The number of rotatable bonds is 6. The quantitative estimate of drug-likeness (QED) is 0.203. The van der Waals surface area contributed by atoms with Crippen LogP contribution in [0.1, 0.15) is 55.0 Å². The molecule has 1 aliphatic carbocycles. The van der Waals surface area contributed by atoms with Crippen LogP contribution in [0.3, 0.4) is 0 Å². The summed E-state index contributed by atoms with van der Waals surface area (Å²) in [5.74, 6) is 1.55. The van der Waals surface area contributed by atoms with E-state index < -0.39 is 0 Å². The molecule has 5 rings (SSSR count). The Morgan fingerprint density at radius 3 is 2.67 bits per heavy atom. The van der Waals surface area contributed by atoms with Crippen molar-refractivity contribution in [3.63, 3.8) is 0 Å². The molecule has 1 aromatic heterocycles. The van der Waals surface area contributed by atoms with Gasteiger partial charge in [-0.05, 0) is 55.3 Å². The van der Waals surface area contributed by atoms with Gasteiger partial charge in [-0.2, -0.15) is 9.78 Å². The van der Waals surface area contributed by atoms with Crippen LogP contribution >= 0.6 is 43.5 Å². The largest absolute Gasteiger partial charge is 0.488 e. The Labute approximate surface area is 231 Å². The summed E-state index contributed by atoms with van der Waals surface area (Å²) < 4.78 is 9.54. The molecule has 0 saturated heterocycles. The maximum absolute atomic E-state index is 13.5. The molecule has 1 fully saturated rings. The first-order valence-electron chi connectivity index (χ1n) is 11.9. The first-order valence-corrected chi connectivity index (χ1v) is 13.9. The second-order valence-electron chi connectivity index (χ2n) is 8.89. The minimum atomic E-state index is -0.166. The smallest absolute Gasteiger partial charge is 0.282 e. The summed E-state index contributed by atoms with van der Waals surface area (Å²) in [5.41, 5.74) is 2.23. The molecule has 0 radical (unpaired) electrons. The van der Waals surface area contributed by atoms with Gasteiger partial charge in [-0.25, -0.2) is 4.98 Å². The standard InChI is InChI=1S/C28H24Br2ClN3O2/c29-21-11-10-19(24(30)15-21)17-36-26-13-12-22(31)14-20(26)16-32-34-27(18-6-2-1-3-7-18)33-25-9-5-4-8-23(25)28(34)35/h4-5,8-16,18H,1-3,6-7,17H2. The molecule has 3 aromatic carbocycles. The Morgan fingerprint density at radius 1 is 1.06 bits per heavy atom. The lowest BCUT2D eigenvalue weighted by atomic mass is 9.88. The Morgan fingerprint density at radius 2 is 1.86 bits per heavy atom. The number of ether oxygens (including phenoxy) is 1. The first kappa shape index (κ1) is 25.2. The van der Waals surface area contributed by atoms with Crippen molar-refractivity contribution in [1.29, 1.82) is 0 Å². The minimum absolute atomic E-state index is 0.166. The van der Waals surface area contributed by atoms with Gasteiger partial charge in [0.1, 0.15) is 18.2 Å². The van der Waals surface area contributed by atoms with E-state index in [0.717, 1.165) is 46.0 Å². The van der Waals surface area contributed by atoms with Gasteiger partial charge in [-0.3, -0.25) is 4.79 Å². The monoisotopic (exact) mass is 627 g/mol. The Kier molecular flexibility index (Phi) is 7.89. The van der Waals surface area contributed by atoms with E-state index in [2.05, 4.69) is 37.0 Å². The zero-order valence-electron chi connectivity index (χ0n) is 19.5. The van der Waals surface area contributed by atoms with Crippen LogP contribution < -0.4 is 10.3 Å². The first-order chi connectivity index (χ1) is 17.5. The molecule has 1 heterocycles. The van der Waals surface area contributed by atoms with Crippen molar-refractivity contribution in [2.45, 2.75) is 44.6 Å². The Bertz CT molecular complexity index is 1500. The summed E-state index contributed by atoms with van der Waals surface area (Å²) in [6, 6.07) is 18.8. The van der Waals surface area contributed by atoms with Gasteiger partial charge in [0.05, 0.1) is 17.1 Å². The molecule has 0 bridgehead atoms. The van der Waals surface area contributed by atoms with Crippen molar-refractivity contribution in [3.05, 3.63) is 102 Å². The van der Waals surface area contributed by atoms with Crippen molar-refractivity contribution in [1.82, 2.24) is 9.66 Å². The van der Waals surface area contributed by atoms with Gasteiger partial charge in [0.15, 0.2) is 0 Å². The van der Waals surface area contributed by atoms with Crippen molar-refractivity contribution < 1.29 is 4.74 Å². The zero-order chi connectivity index (χ0) is 25.1. The molecule has 0 N–H and O–H groups in total. The summed E-state index contributed by atoms with van der Waals surface area (Å²) in [6.45, 7) is 0.362. The third-order valence-corrected chi connectivity index (χ3v) is 7.90. The lowest BCUT2D eigenvalue weighted by Gasteiger charge is -2.22. The molecule has 0 aliphatic heterocycles. The fourth-order valence-corrected chi connectivity index (χ4v) is 5.89. The number of aromatic nitrogens is 2. The van der Waals surface area contributed by atoms with E-state index in [1.54, 1.807) is 24.4 Å². The van der Waals surface area contributed by atoms with Crippen molar-refractivity contribution in [2.24, 2.45) is 5.10 Å². The molecule has 0 atom stereocenters. The minimum Gasteiger partial charge on any atom is -0.488 e. The number of nitrogens with zero attached hydrogens (tertiary/aromatic N) is 3. The molecule has 5 nitrogen and oxygen atoms in total. The molecular formula is C28H24Br2ClN3O2. The molecule has 0 amide bonds. The molecule has 8 heteroatoms. The van der Waals surface area contributed by atoms with Crippen LogP contribution in [0.15, 0.2) is 79.5 Å². The van der Waals surface area contributed by atoms with Crippen molar-refractivity contribution in [2.75, 3.05) is 0 Å². The normalized spacial score (nSPS) is 14.5. The molecule has 1 saturated carbocycles. The maximum Gasteiger partial charge on any atom is 0.282 e. The number of fused-ring (bicyclic) bond motifs is 1. The van der Waals surface area contributed by atoms with Gasteiger partial charge >= 0.3 is 0 Å². The lowest BCUT2D eigenvalue weighted by molar-refractivity contribution is 0.305. The average molecular weight is 630 g/mol. The second-order valence-corrected chi connectivity index (χ2v) is 11.1. The van der Waals surface area contributed by atoms with Gasteiger partial charge in [-0.15, -0.1) is 0 Å². The van der Waals surface area contributed by atoms with Gasteiger partial charge in [0.25, 0.3) is 5.56 Å². The summed E-state index contributed by atoms with van der Waals surface area (Å²) in [4.78, 5) is 18.4. The molecule has 36 heavy (non-hydrogen) atoms. The molecule has 0 unspecified atom stereocenters. The zero-order valence-corrected chi connectivity index (χ0v) is 23.4. The highest BCUT2D eigenvalue weighted by Gasteiger charge is 2.22. The van der Waals surface area contributed by atoms with Crippen molar-refractivity contribution >= 4 is 60.6 Å².